The molecule has 0 amide bonds. The molecule has 0 radical (unpaired) electrons. The van der Waals surface area contributed by atoms with Crippen LogP contribution in [0.3, 0.4) is 0 Å². The smallest absolute Gasteiger partial charge is 0.151 e. The van der Waals surface area contributed by atoms with Crippen molar-refractivity contribution in [2.45, 2.75) is 37.8 Å². The van der Waals surface area contributed by atoms with E-state index in [4.69, 9.17) is 0 Å². The highest BCUT2D eigenvalue weighted by atomic mass is 32.2. The number of piperidine rings is 1. The summed E-state index contributed by atoms with van der Waals surface area (Å²) < 4.78 is 22.8. The Bertz CT molecular complexity index is 323. The van der Waals surface area contributed by atoms with Crippen molar-refractivity contribution in [2.75, 3.05) is 31.6 Å². The van der Waals surface area contributed by atoms with Crippen molar-refractivity contribution in [3.8, 4) is 0 Å². The fraction of sp³-hybridized carbons (Fsp3) is 1.00. The lowest BCUT2D eigenvalue weighted by molar-refractivity contribution is 0.216. The summed E-state index contributed by atoms with van der Waals surface area (Å²) in [4.78, 5) is 2.23. The molecule has 4 nitrogen and oxygen atoms in total. The number of nitrogens with one attached hydrogen (secondary N) is 1. The molecule has 0 aromatic rings. The van der Waals surface area contributed by atoms with E-state index in [0.29, 0.717) is 17.5 Å². The Kier molecular flexibility index (Phi) is 3.87. The molecule has 2 aliphatic heterocycles. The first kappa shape index (κ1) is 12.3. The molecule has 0 aliphatic carbocycles. The zero-order valence-corrected chi connectivity index (χ0v) is 10.8. The summed E-state index contributed by atoms with van der Waals surface area (Å²) in [7, 11) is -0.686. The molecule has 0 aromatic heterocycles. The van der Waals surface area contributed by atoms with Gasteiger partial charge in [0.1, 0.15) is 0 Å². The van der Waals surface area contributed by atoms with Crippen LogP contribution in [-0.2, 0) is 9.84 Å². The molecule has 94 valence electrons. The normalized spacial score (nSPS) is 34.4. The quantitative estimate of drug-likeness (QED) is 0.775. The zero-order chi connectivity index (χ0) is 11.6. The molecule has 2 heterocycles. The molecule has 0 saturated carbocycles. The van der Waals surface area contributed by atoms with E-state index < -0.39 is 9.84 Å². The number of nitrogens with zero attached hydrogens (tertiary/aromatic N) is 1. The van der Waals surface area contributed by atoms with E-state index in [9.17, 15) is 8.42 Å². The molecular formula is C11H22N2O2S. The van der Waals surface area contributed by atoms with Gasteiger partial charge in [0.15, 0.2) is 9.84 Å². The lowest BCUT2D eigenvalue weighted by atomic mass is 10.0. The minimum Gasteiger partial charge on any atom is -0.313 e. The second kappa shape index (κ2) is 5.02. The van der Waals surface area contributed by atoms with Crippen molar-refractivity contribution in [2.24, 2.45) is 0 Å². The highest BCUT2D eigenvalue weighted by Gasteiger charge is 2.31. The van der Waals surface area contributed by atoms with Crippen LogP contribution in [0.5, 0.6) is 0 Å². The van der Waals surface area contributed by atoms with Gasteiger partial charge in [0.05, 0.1) is 11.5 Å². The van der Waals surface area contributed by atoms with Crippen molar-refractivity contribution in [3.63, 3.8) is 0 Å². The largest absolute Gasteiger partial charge is 0.313 e. The average molecular weight is 246 g/mol. The molecule has 2 saturated heterocycles. The highest BCUT2D eigenvalue weighted by Crippen LogP contribution is 2.18. The summed E-state index contributed by atoms with van der Waals surface area (Å²) in [6, 6.07) is 0.802. The van der Waals surface area contributed by atoms with Crippen LogP contribution in [0.4, 0.5) is 0 Å². The van der Waals surface area contributed by atoms with E-state index in [1.165, 1.54) is 19.3 Å². The van der Waals surface area contributed by atoms with Gasteiger partial charge in [-0.1, -0.05) is 6.42 Å². The zero-order valence-electron chi connectivity index (χ0n) is 9.98. The molecule has 0 aromatic carbocycles. The van der Waals surface area contributed by atoms with Crippen LogP contribution in [0, 0.1) is 0 Å². The third-order valence-electron chi connectivity index (χ3n) is 3.75. The fourth-order valence-corrected chi connectivity index (χ4v) is 4.50. The van der Waals surface area contributed by atoms with E-state index in [1.807, 2.05) is 0 Å². The third kappa shape index (κ3) is 3.18. The van der Waals surface area contributed by atoms with Crippen LogP contribution in [0.1, 0.15) is 25.7 Å². The second-order valence-electron chi connectivity index (χ2n) is 5.14. The Hall–Kier alpha value is -0.130. The number of likely N-dealkylation sites (N-methyl/N-ethyl adjacent to an activating group) is 1. The molecule has 0 bridgehead atoms. The SMILES string of the molecule is CN(CC1CCCCN1)C1CCS(=O)(=O)C1. The molecule has 5 heteroatoms. The second-order valence-corrected chi connectivity index (χ2v) is 7.37. The average Bonchev–Trinajstić information content (AvgIpc) is 2.60. The van der Waals surface area contributed by atoms with Crippen molar-refractivity contribution in [3.05, 3.63) is 0 Å². The molecule has 0 spiro atoms. The minimum atomic E-state index is -2.74. The highest BCUT2D eigenvalue weighted by molar-refractivity contribution is 7.91. The lowest BCUT2D eigenvalue weighted by Crippen LogP contribution is -2.45. The van der Waals surface area contributed by atoms with Crippen molar-refractivity contribution < 1.29 is 8.42 Å². The van der Waals surface area contributed by atoms with Crippen molar-refractivity contribution >= 4 is 9.84 Å². The summed E-state index contributed by atoms with van der Waals surface area (Å²) in [5.74, 6) is 0.732. The van der Waals surface area contributed by atoms with Crippen molar-refractivity contribution in [1.29, 1.82) is 0 Å². The Labute approximate surface area is 98.3 Å². The molecular weight excluding hydrogens is 224 g/mol. The van der Waals surface area contributed by atoms with Crippen LogP contribution in [0.2, 0.25) is 0 Å². The predicted octanol–water partition coefficient (Wildman–Crippen LogP) is 0.247. The molecule has 2 fully saturated rings. The van der Waals surface area contributed by atoms with Gasteiger partial charge >= 0.3 is 0 Å². The van der Waals surface area contributed by atoms with Crippen LogP contribution in [0.25, 0.3) is 0 Å². The maximum absolute atomic E-state index is 11.4. The standard InChI is InChI=1S/C11H22N2O2S/c1-13(8-10-4-2-3-6-12-10)11-5-7-16(14,15)9-11/h10-12H,2-9H2,1H3. The lowest BCUT2D eigenvalue weighted by Gasteiger charge is -2.31. The Morgan fingerprint density at radius 2 is 2.12 bits per heavy atom. The third-order valence-corrected chi connectivity index (χ3v) is 5.50. The van der Waals surface area contributed by atoms with Crippen LogP contribution < -0.4 is 5.32 Å². The fourth-order valence-electron chi connectivity index (χ4n) is 2.70. The Morgan fingerprint density at radius 1 is 1.31 bits per heavy atom. The van der Waals surface area contributed by atoms with Gasteiger partial charge in [-0.2, -0.15) is 0 Å². The van der Waals surface area contributed by atoms with E-state index in [0.717, 1.165) is 19.5 Å². The van der Waals surface area contributed by atoms with Gasteiger partial charge in [0.25, 0.3) is 0 Å². The molecule has 2 atom stereocenters. The van der Waals surface area contributed by atoms with Crippen LogP contribution in [0.15, 0.2) is 0 Å². The Balaban J connectivity index is 1.81. The maximum atomic E-state index is 11.4. The summed E-state index contributed by atoms with van der Waals surface area (Å²) in [6.45, 7) is 2.10. The maximum Gasteiger partial charge on any atom is 0.151 e. The minimum absolute atomic E-state index is 0.244. The Morgan fingerprint density at radius 3 is 2.69 bits per heavy atom. The number of hydrogen-bond donors (Lipinski definition) is 1. The molecule has 2 aliphatic rings. The number of sulfone groups is 1. The van der Waals surface area contributed by atoms with Gasteiger partial charge in [-0.3, -0.25) is 0 Å². The van der Waals surface area contributed by atoms with E-state index in [-0.39, 0.29) is 6.04 Å². The monoisotopic (exact) mass is 246 g/mol. The van der Waals surface area contributed by atoms with Gasteiger partial charge in [0, 0.05) is 18.6 Å². The van der Waals surface area contributed by atoms with Gasteiger partial charge in [-0.15, -0.1) is 0 Å². The van der Waals surface area contributed by atoms with Crippen LogP contribution >= 0.6 is 0 Å². The predicted molar refractivity (Wildman–Crippen MR) is 65.3 cm³/mol. The first-order valence-electron chi connectivity index (χ1n) is 6.21. The summed E-state index contributed by atoms with van der Waals surface area (Å²) >= 11 is 0. The van der Waals surface area contributed by atoms with E-state index in [2.05, 4.69) is 17.3 Å². The molecule has 2 rings (SSSR count). The number of hydrogen-bond acceptors (Lipinski definition) is 4. The molecule has 1 N–H and O–H groups in total. The van der Waals surface area contributed by atoms with Crippen LogP contribution in [-0.4, -0.2) is 57.0 Å². The number of rotatable bonds is 3. The van der Waals surface area contributed by atoms with E-state index in [1.54, 1.807) is 0 Å². The van der Waals surface area contributed by atoms with Gasteiger partial charge < -0.3 is 10.2 Å². The topological polar surface area (TPSA) is 49.4 Å². The van der Waals surface area contributed by atoms with E-state index >= 15 is 0 Å². The van der Waals surface area contributed by atoms with Crippen molar-refractivity contribution in [1.82, 2.24) is 10.2 Å². The van der Waals surface area contributed by atoms with Gasteiger partial charge in [-0.25, -0.2) is 8.42 Å². The summed E-state index contributed by atoms with van der Waals surface area (Å²) in [6.07, 6.45) is 4.61. The van der Waals surface area contributed by atoms with Gasteiger partial charge in [0.2, 0.25) is 0 Å². The molecule has 16 heavy (non-hydrogen) atoms. The van der Waals surface area contributed by atoms with Gasteiger partial charge in [-0.05, 0) is 32.9 Å². The first-order chi connectivity index (χ1) is 7.57. The summed E-state index contributed by atoms with van der Waals surface area (Å²) in [5.41, 5.74) is 0. The first-order valence-corrected chi connectivity index (χ1v) is 8.03. The molecule has 2 unspecified atom stereocenters. The summed E-state index contributed by atoms with van der Waals surface area (Å²) in [5, 5.41) is 3.50.